The van der Waals surface area contributed by atoms with Gasteiger partial charge in [0.25, 0.3) is 0 Å². The van der Waals surface area contributed by atoms with Crippen LogP contribution in [0.25, 0.3) is 0 Å². The number of carbonyl (C=O) groups is 1. The highest BCUT2D eigenvalue weighted by molar-refractivity contribution is 7.89. The van der Waals surface area contributed by atoms with Crippen molar-refractivity contribution in [1.82, 2.24) is 4.31 Å². The summed E-state index contributed by atoms with van der Waals surface area (Å²) >= 11 is 0.876. The molecule has 8 heteroatoms. The van der Waals surface area contributed by atoms with E-state index in [-0.39, 0.29) is 16.3 Å². The van der Waals surface area contributed by atoms with Crippen LogP contribution in [0.1, 0.15) is 35.4 Å². The molecular formula is C12H17NO5S2. The van der Waals surface area contributed by atoms with Gasteiger partial charge in [-0.05, 0) is 18.9 Å². The Morgan fingerprint density at radius 3 is 2.55 bits per heavy atom. The first-order chi connectivity index (χ1) is 9.24. The number of aliphatic hydroxyl groups is 1. The fourth-order valence-corrected chi connectivity index (χ4v) is 4.79. The smallest absolute Gasteiger partial charge is 0.345 e. The SMILES string of the molecule is CN(CC1(O)CCCC1)S(=O)(=O)c1csc(C(=O)O)c1. The van der Waals surface area contributed by atoms with Crippen LogP contribution < -0.4 is 0 Å². The van der Waals surface area contributed by atoms with Crippen LogP contribution in [-0.4, -0.2) is 48.1 Å². The number of likely N-dealkylation sites (N-methyl/N-ethyl adjacent to an activating group) is 1. The van der Waals surface area contributed by atoms with E-state index < -0.39 is 21.6 Å². The highest BCUT2D eigenvalue weighted by Crippen LogP contribution is 2.31. The fraction of sp³-hybridized carbons (Fsp3) is 0.583. The molecule has 0 saturated heterocycles. The summed E-state index contributed by atoms with van der Waals surface area (Å²) in [5.41, 5.74) is -0.965. The van der Waals surface area contributed by atoms with Crippen LogP contribution in [0.3, 0.4) is 0 Å². The lowest BCUT2D eigenvalue weighted by Crippen LogP contribution is -2.41. The molecule has 20 heavy (non-hydrogen) atoms. The van der Waals surface area contributed by atoms with Gasteiger partial charge < -0.3 is 10.2 Å². The van der Waals surface area contributed by atoms with E-state index in [9.17, 15) is 18.3 Å². The van der Waals surface area contributed by atoms with E-state index in [2.05, 4.69) is 0 Å². The monoisotopic (exact) mass is 319 g/mol. The molecule has 0 amide bonds. The van der Waals surface area contributed by atoms with E-state index >= 15 is 0 Å². The molecule has 0 aromatic carbocycles. The van der Waals surface area contributed by atoms with Crippen LogP contribution in [-0.2, 0) is 10.0 Å². The molecule has 1 aromatic heterocycles. The number of hydrogen-bond donors (Lipinski definition) is 2. The molecule has 1 aromatic rings. The number of hydrogen-bond acceptors (Lipinski definition) is 5. The summed E-state index contributed by atoms with van der Waals surface area (Å²) in [5, 5.41) is 20.4. The lowest BCUT2D eigenvalue weighted by atomic mass is 10.0. The number of rotatable bonds is 5. The topological polar surface area (TPSA) is 94.9 Å². The van der Waals surface area contributed by atoms with E-state index in [1.54, 1.807) is 0 Å². The normalized spacial score (nSPS) is 18.6. The van der Waals surface area contributed by atoms with Crippen LogP contribution >= 0.6 is 11.3 Å². The molecule has 0 spiro atoms. The molecule has 6 nitrogen and oxygen atoms in total. The average Bonchev–Trinajstić information content (AvgIpc) is 2.97. The van der Waals surface area contributed by atoms with Gasteiger partial charge in [0.2, 0.25) is 10.0 Å². The largest absolute Gasteiger partial charge is 0.477 e. The van der Waals surface area contributed by atoms with Crippen molar-refractivity contribution in [3.05, 3.63) is 16.3 Å². The number of aromatic carboxylic acids is 1. The summed E-state index contributed by atoms with van der Waals surface area (Å²) in [6.07, 6.45) is 2.98. The van der Waals surface area contributed by atoms with Crippen molar-refractivity contribution in [2.24, 2.45) is 0 Å². The Labute approximate surface area is 121 Å². The van der Waals surface area contributed by atoms with Gasteiger partial charge in [0.05, 0.1) is 10.5 Å². The van der Waals surface area contributed by atoms with Crippen molar-refractivity contribution in [3.8, 4) is 0 Å². The Balaban J connectivity index is 2.18. The molecular weight excluding hydrogens is 302 g/mol. The van der Waals surface area contributed by atoms with E-state index in [0.29, 0.717) is 12.8 Å². The van der Waals surface area contributed by atoms with Crippen molar-refractivity contribution in [2.45, 2.75) is 36.2 Å². The molecule has 2 N–H and O–H groups in total. The van der Waals surface area contributed by atoms with Crippen LogP contribution in [0.4, 0.5) is 0 Å². The van der Waals surface area contributed by atoms with Gasteiger partial charge in [0.15, 0.2) is 0 Å². The van der Waals surface area contributed by atoms with Crippen LogP contribution in [0.2, 0.25) is 0 Å². The summed E-state index contributed by atoms with van der Waals surface area (Å²) in [5.74, 6) is -1.14. The third kappa shape index (κ3) is 3.03. The van der Waals surface area contributed by atoms with Gasteiger partial charge in [0, 0.05) is 19.0 Å². The summed E-state index contributed by atoms with van der Waals surface area (Å²) in [6.45, 7) is 0.0353. The Hall–Kier alpha value is -0.960. The zero-order chi connectivity index (χ0) is 15.0. The molecule has 1 aliphatic carbocycles. The van der Waals surface area contributed by atoms with Gasteiger partial charge in [-0.1, -0.05) is 12.8 Å². The summed E-state index contributed by atoms with van der Waals surface area (Å²) < 4.78 is 25.8. The van der Waals surface area contributed by atoms with Crippen LogP contribution in [0, 0.1) is 0 Å². The van der Waals surface area contributed by atoms with Crippen molar-refractivity contribution >= 4 is 27.3 Å². The maximum Gasteiger partial charge on any atom is 0.345 e. The Bertz CT molecular complexity index is 601. The zero-order valence-electron chi connectivity index (χ0n) is 11.1. The predicted octanol–water partition coefficient (Wildman–Crippen LogP) is 1.37. The van der Waals surface area contributed by atoms with Gasteiger partial charge >= 0.3 is 5.97 Å². The second kappa shape index (κ2) is 5.44. The molecule has 0 radical (unpaired) electrons. The van der Waals surface area contributed by atoms with Crippen molar-refractivity contribution < 1.29 is 23.4 Å². The molecule has 0 atom stereocenters. The van der Waals surface area contributed by atoms with Gasteiger partial charge in [0.1, 0.15) is 4.88 Å². The summed E-state index contributed by atoms with van der Waals surface area (Å²) in [4.78, 5) is 10.7. The van der Waals surface area contributed by atoms with Crippen LogP contribution in [0.5, 0.6) is 0 Å². The molecule has 1 saturated carbocycles. The molecule has 0 aliphatic heterocycles. The Morgan fingerprint density at radius 1 is 1.45 bits per heavy atom. The second-order valence-corrected chi connectivity index (χ2v) is 8.10. The second-order valence-electron chi connectivity index (χ2n) is 5.14. The van der Waals surface area contributed by atoms with Gasteiger partial charge in [-0.25, -0.2) is 13.2 Å². The predicted molar refractivity (Wildman–Crippen MR) is 74.5 cm³/mol. The van der Waals surface area contributed by atoms with Crippen molar-refractivity contribution in [1.29, 1.82) is 0 Å². The van der Waals surface area contributed by atoms with Crippen molar-refractivity contribution in [3.63, 3.8) is 0 Å². The molecule has 0 bridgehead atoms. The first-order valence-corrected chi connectivity index (χ1v) is 8.57. The summed E-state index contributed by atoms with van der Waals surface area (Å²) in [6, 6.07) is 1.15. The highest BCUT2D eigenvalue weighted by Gasteiger charge is 2.36. The maximum absolute atomic E-state index is 12.3. The Kier molecular flexibility index (Phi) is 4.19. The average molecular weight is 319 g/mol. The van der Waals surface area contributed by atoms with E-state index in [1.807, 2.05) is 0 Å². The number of thiophene rings is 1. The minimum atomic E-state index is -3.76. The van der Waals surface area contributed by atoms with E-state index in [1.165, 1.54) is 12.4 Å². The van der Waals surface area contributed by atoms with E-state index in [4.69, 9.17) is 5.11 Å². The van der Waals surface area contributed by atoms with Crippen LogP contribution in [0.15, 0.2) is 16.3 Å². The van der Waals surface area contributed by atoms with Crippen molar-refractivity contribution in [2.75, 3.05) is 13.6 Å². The quantitative estimate of drug-likeness (QED) is 0.855. The highest BCUT2D eigenvalue weighted by atomic mass is 32.2. The summed E-state index contributed by atoms with van der Waals surface area (Å²) in [7, 11) is -2.35. The molecule has 1 aliphatic rings. The molecule has 2 rings (SSSR count). The molecule has 1 fully saturated rings. The fourth-order valence-electron chi connectivity index (χ4n) is 2.44. The molecule has 112 valence electrons. The number of nitrogens with zero attached hydrogens (tertiary/aromatic N) is 1. The lowest BCUT2D eigenvalue weighted by molar-refractivity contribution is 0.0333. The van der Waals surface area contributed by atoms with Gasteiger partial charge in [-0.15, -0.1) is 11.3 Å². The maximum atomic E-state index is 12.3. The third-order valence-electron chi connectivity index (χ3n) is 3.55. The third-order valence-corrected chi connectivity index (χ3v) is 6.39. The first-order valence-electron chi connectivity index (χ1n) is 6.25. The Morgan fingerprint density at radius 2 is 2.05 bits per heavy atom. The number of sulfonamides is 1. The standard InChI is InChI=1S/C12H17NO5S2/c1-13(8-12(16)4-2-3-5-12)20(17,18)9-6-10(11(14)15)19-7-9/h6-7,16H,2-5,8H2,1H3,(H,14,15). The minimum Gasteiger partial charge on any atom is -0.477 e. The zero-order valence-corrected chi connectivity index (χ0v) is 12.7. The molecule has 0 unspecified atom stereocenters. The van der Waals surface area contributed by atoms with Gasteiger partial charge in [-0.3, -0.25) is 0 Å². The lowest BCUT2D eigenvalue weighted by Gasteiger charge is -2.27. The van der Waals surface area contributed by atoms with Gasteiger partial charge in [-0.2, -0.15) is 4.31 Å². The number of carboxylic acid groups (broad SMARTS) is 1. The molecule has 1 heterocycles. The minimum absolute atomic E-state index is 0.0171. The number of carboxylic acids is 1. The van der Waals surface area contributed by atoms with E-state index in [0.717, 1.165) is 34.6 Å². The first kappa shape index (κ1) is 15.4.